The van der Waals surface area contributed by atoms with Crippen molar-refractivity contribution in [2.45, 2.75) is 31.3 Å². The first kappa shape index (κ1) is 21.9. The molecule has 4 heterocycles. The number of pyridine rings is 1. The van der Waals surface area contributed by atoms with Gasteiger partial charge in [-0.2, -0.15) is 0 Å². The van der Waals surface area contributed by atoms with Crippen LogP contribution in [-0.4, -0.2) is 73.5 Å². The van der Waals surface area contributed by atoms with Gasteiger partial charge in [0.15, 0.2) is 6.10 Å². The number of halogens is 1. The summed E-state index contributed by atoms with van der Waals surface area (Å²) in [5.41, 5.74) is 2.34. The van der Waals surface area contributed by atoms with Crippen LogP contribution in [0.4, 0.5) is 14.9 Å². The third-order valence-corrected chi connectivity index (χ3v) is 5.68. The average Bonchev–Trinajstić information content (AvgIpc) is 3.61. The molecular weight excluding hydrogens is 447 g/mol. The molecule has 3 atom stereocenters. The van der Waals surface area contributed by atoms with Crippen LogP contribution >= 0.6 is 0 Å². The molecule has 0 radical (unpaired) electrons. The number of anilines is 1. The lowest BCUT2D eigenvalue weighted by atomic mass is 10.0. The zero-order valence-electron chi connectivity index (χ0n) is 17.9. The van der Waals surface area contributed by atoms with Crippen molar-refractivity contribution in [2.24, 2.45) is 5.16 Å². The Hall–Kier alpha value is -3.90. The Morgan fingerprint density at radius 3 is 2.85 bits per heavy atom. The SMILES string of the molecule is O=C1O[C@@H](Cn2ccnn2)CN1c1ccc(-c2ccc(C3=NO[C@H]([C@@H](O)CO)C3)nc2)c(F)c1. The number of oxime groups is 1. The molecule has 2 N–H and O–H groups in total. The van der Waals surface area contributed by atoms with Crippen molar-refractivity contribution in [3.05, 3.63) is 60.4 Å². The van der Waals surface area contributed by atoms with Crippen molar-refractivity contribution in [1.82, 2.24) is 20.0 Å². The second-order valence-electron chi connectivity index (χ2n) is 7.97. The van der Waals surface area contributed by atoms with Gasteiger partial charge in [0.2, 0.25) is 0 Å². The molecule has 1 aromatic carbocycles. The summed E-state index contributed by atoms with van der Waals surface area (Å²) < 4.78 is 21.9. The maximum Gasteiger partial charge on any atom is 0.414 e. The summed E-state index contributed by atoms with van der Waals surface area (Å²) in [5, 5.41) is 30.2. The quantitative estimate of drug-likeness (QED) is 0.531. The van der Waals surface area contributed by atoms with E-state index in [4.69, 9.17) is 14.7 Å². The van der Waals surface area contributed by atoms with Gasteiger partial charge in [0.25, 0.3) is 0 Å². The molecule has 1 amide bonds. The van der Waals surface area contributed by atoms with Crippen LogP contribution in [-0.2, 0) is 16.1 Å². The van der Waals surface area contributed by atoms with Crippen molar-refractivity contribution < 1.29 is 29.0 Å². The summed E-state index contributed by atoms with van der Waals surface area (Å²) in [6.07, 6.45) is 2.41. The fraction of sp³-hybridized carbons (Fsp3) is 0.318. The number of carbonyl (C=O) groups is 1. The van der Waals surface area contributed by atoms with E-state index in [1.165, 1.54) is 23.4 Å². The predicted octanol–water partition coefficient (Wildman–Crippen LogP) is 1.35. The fourth-order valence-corrected chi connectivity index (χ4v) is 3.87. The van der Waals surface area contributed by atoms with E-state index in [1.54, 1.807) is 35.1 Å². The Morgan fingerprint density at radius 2 is 2.15 bits per heavy atom. The summed E-state index contributed by atoms with van der Waals surface area (Å²) in [6, 6.07) is 7.92. The van der Waals surface area contributed by atoms with Crippen LogP contribution in [0.2, 0.25) is 0 Å². The lowest BCUT2D eigenvalue weighted by molar-refractivity contribution is -0.0407. The van der Waals surface area contributed by atoms with Gasteiger partial charge in [-0.15, -0.1) is 5.10 Å². The lowest BCUT2D eigenvalue weighted by Crippen LogP contribution is -2.29. The van der Waals surface area contributed by atoms with Crippen molar-refractivity contribution >= 4 is 17.5 Å². The number of ether oxygens (including phenoxy) is 1. The molecule has 0 bridgehead atoms. The van der Waals surface area contributed by atoms with Gasteiger partial charge in [0.1, 0.15) is 23.7 Å². The third-order valence-electron chi connectivity index (χ3n) is 5.68. The molecule has 0 aliphatic carbocycles. The second kappa shape index (κ2) is 9.15. The maximum atomic E-state index is 15.0. The number of aliphatic hydroxyl groups is 2. The Bertz CT molecular complexity index is 1200. The predicted molar refractivity (Wildman–Crippen MR) is 116 cm³/mol. The van der Waals surface area contributed by atoms with Gasteiger partial charge in [-0.05, 0) is 24.3 Å². The summed E-state index contributed by atoms with van der Waals surface area (Å²) >= 11 is 0. The molecule has 1 saturated heterocycles. The van der Waals surface area contributed by atoms with E-state index in [2.05, 4.69) is 20.5 Å². The first-order chi connectivity index (χ1) is 16.5. The van der Waals surface area contributed by atoms with E-state index in [-0.39, 0.29) is 6.54 Å². The Balaban J connectivity index is 1.27. The first-order valence-corrected chi connectivity index (χ1v) is 10.6. The molecule has 0 saturated carbocycles. The number of cyclic esters (lactones) is 1. The average molecular weight is 468 g/mol. The number of hydrogen-bond acceptors (Lipinski definition) is 9. The summed E-state index contributed by atoms with van der Waals surface area (Å²) in [7, 11) is 0. The first-order valence-electron chi connectivity index (χ1n) is 10.6. The van der Waals surface area contributed by atoms with E-state index in [1.807, 2.05) is 0 Å². The van der Waals surface area contributed by atoms with Crippen molar-refractivity contribution in [1.29, 1.82) is 0 Å². The Morgan fingerprint density at radius 1 is 1.26 bits per heavy atom. The molecule has 34 heavy (non-hydrogen) atoms. The molecule has 12 heteroatoms. The summed E-state index contributed by atoms with van der Waals surface area (Å²) in [6.45, 7) is 0.202. The van der Waals surface area contributed by atoms with Gasteiger partial charge in [-0.1, -0.05) is 16.4 Å². The normalized spacial score (nSPS) is 20.7. The molecule has 11 nitrogen and oxygen atoms in total. The van der Waals surface area contributed by atoms with Crippen LogP contribution in [0.5, 0.6) is 0 Å². The summed E-state index contributed by atoms with van der Waals surface area (Å²) in [4.78, 5) is 23.2. The van der Waals surface area contributed by atoms with Crippen molar-refractivity contribution in [3.63, 3.8) is 0 Å². The van der Waals surface area contributed by atoms with Crippen LogP contribution in [0.1, 0.15) is 12.1 Å². The molecule has 0 unspecified atom stereocenters. The van der Waals surface area contributed by atoms with Gasteiger partial charge < -0.3 is 19.8 Å². The zero-order valence-corrected chi connectivity index (χ0v) is 17.9. The Kier molecular flexibility index (Phi) is 5.90. The number of amides is 1. The highest BCUT2D eigenvalue weighted by Crippen LogP contribution is 2.29. The van der Waals surface area contributed by atoms with Gasteiger partial charge in [0, 0.05) is 29.9 Å². The smallest absolute Gasteiger partial charge is 0.414 e. The molecule has 2 aliphatic heterocycles. The van der Waals surface area contributed by atoms with Gasteiger partial charge in [-0.3, -0.25) is 9.88 Å². The van der Waals surface area contributed by atoms with E-state index >= 15 is 0 Å². The second-order valence-corrected chi connectivity index (χ2v) is 7.97. The van der Waals surface area contributed by atoms with E-state index in [0.29, 0.717) is 41.2 Å². The Labute approximate surface area is 193 Å². The number of aromatic nitrogens is 4. The highest BCUT2D eigenvalue weighted by molar-refractivity contribution is 5.99. The number of nitrogens with zero attached hydrogens (tertiary/aromatic N) is 6. The summed E-state index contributed by atoms with van der Waals surface area (Å²) in [5.74, 6) is -0.507. The van der Waals surface area contributed by atoms with Crippen LogP contribution in [0, 0.1) is 5.82 Å². The van der Waals surface area contributed by atoms with Gasteiger partial charge in [0.05, 0.1) is 37.3 Å². The molecule has 1 fully saturated rings. The van der Waals surface area contributed by atoms with Gasteiger partial charge in [-0.25, -0.2) is 13.9 Å². The van der Waals surface area contributed by atoms with Crippen LogP contribution in [0.15, 0.2) is 54.1 Å². The molecule has 0 spiro atoms. The van der Waals surface area contributed by atoms with Crippen molar-refractivity contribution in [3.8, 4) is 11.1 Å². The zero-order chi connectivity index (χ0) is 23.7. The van der Waals surface area contributed by atoms with Crippen LogP contribution in [0.25, 0.3) is 11.1 Å². The molecular formula is C22H21FN6O5. The molecule has 2 aromatic heterocycles. The molecule has 3 aromatic rings. The van der Waals surface area contributed by atoms with E-state index in [0.717, 1.165) is 0 Å². The third kappa shape index (κ3) is 4.32. The highest BCUT2D eigenvalue weighted by Gasteiger charge is 2.33. The minimum atomic E-state index is -1.03. The minimum Gasteiger partial charge on any atom is -0.442 e. The standard InChI is InChI=1S/C22H21FN6O5/c23-17-7-14(29-11-15(33-22(29)32)10-28-6-5-25-27-28)2-3-16(17)13-1-4-18(24-9-13)19-8-21(34-26-19)20(31)12-30/h1-7,9,15,20-21,30-31H,8,10-12H2/t15-,20-,21-/m0/s1. The lowest BCUT2D eigenvalue weighted by Gasteiger charge is -2.14. The van der Waals surface area contributed by atoms with E-state index in [9.17, 15) is 14.3 Å². The molecule has 2 aliphatic rings. The van der Waals surface area contributed by atoms with Crippen LogP contribution in [0.3, 0.4) is 0 Å². The van der Waals surface area contributed by atoms with Gasteiger partial charge >= 0.3 is 6.09 Å². The largest absolute Gasteiger partial charge is 0.442 e. The molecule has 176 valence electrons. The minimum absolute atomic E-state index is 0.268. The number of benzene rings is 1. The highest BCUT2D eigenvalue weighted by atomic mass is 19.1. The number of aliphatic hydroxyl groups excluding tert-OH is 2. The maximum absolute atomic E-state index is 15.0. The monoisotopic (exact) mass is 468 g/mol. The number of hydrogen-bond donors (Lipinski definition) is 2. The molecule has 5 rings (SSSR count). The number of rotatable bonds is 7. The fourth-order valence-electron chi connectivity index (χ4n) is 3.87. The van der Waals surface area contributed by atoms with Crippen molar-refractivity contribution in [2.75, 3.05) is 18.1 Å². The van der Waals surface area contributed by atoms with Crippen LogP contribution < -0.4 is 4.90 Å². The topological polar surface area (TPSA) is 135 Å². The number of carbonyl (C=O) groups excluding carboxylic acids is 1. The van der Waals surface area contributed by atoms with E-state index < -0.39 is 36.8 Å².